The predicted octanol–water partition coefficient (Wildman–Crippen LogP) is 4.20. The number of ether oxygens (including phenoxy) is 2. The molecule has 1 aromatic heterocycles. The largest absolute Gasteiger partial charge is 0.454 e. The number of nitrogens with zero attached hydrogens (tertiary/aromatic N) is 2. The van der Waals surface area contributed by atoms with E-state index in [0.29, 0.717) is 23.6 Å². The number of para-hydroxylation sites is 1. The van der Waals surface area contributed by atoms with Crippen LogP contribution in [0.4, 0.5) is 0 Å². The summed E-state index contributed by atoms with van der Waals surface area (Å²) in [5.74, 6) is 1.23. The average Bonchev–Trinajstić information content (AvgIpc) is 3.46. The van der Waals surface area contributed by atoms with Crippen LogP contribution in [0.2, 0.25) is 0 Å². The summed E-state index contributed by atoms with van der Waals surface area (Å²) in [5.41, 5.74) is 3.88. The van der Waals surface area contributed by atoms with Gasteiger partial charge in [-0.3, -0.25) is 4.79 Å². The number of fused-ring (bicyclic) bond motifs is 1. The van der Waals surface area contributed by atoms with E-state index in [1.54, 1.807) is 10.9 Å². The second kappa shape index (κ2) is 7.75. The van der Waals surface area contributed by atoms with Gasteiger partial charge in [0.2, 0.25) is 6.79 Å². The molecule has 148 valence electrons. The van der Waals surface area contributed by atoms with Gasteiger partial charge in [-0.05, 0) is 29.8 Å². The van der Waals surface area contributed by atoms with Crippen LogP contribution < -0.4 is 14.8 Å². The first-order valence-electron chi connectivity index (χ1n) is 9.65. The molecule has 4 aromatic rings. The van der Waals surface area contributed by atoms with Crippen LogP contribution in [-0.4, -0.2) is 22.5 Å². The van der Waals surface area contributed by atoms with Crippen molar-refractivity contribution in [3.63, 3.8) is 0 Å². The molecule has 0 atom stereocenters. The average molecular weight is 397 g/mol. The molecule has 1 amide bonds. The van der Waals surface area contributed by atoms with Crippen molar-refractivity contribution >= 4 is 5.91 Å². The standard InChI is InChI=1S/C24H19N3O3/c28-24(25-14-17-11-12-21-22(13-17)30-16-29-21)20-15-27(19-9-5-2-6-10-19)26-23(20)18-7-3-1-4-8-18/h1-13,15H,14,16H2,(H,25,28). The van der Waals surface area contributed by atoms with Crippen molar-refractivity contribution in [2.45, 2.75) is 6.54 Å². The fraction of sp³-hybridized carbons (Fsp3) is 0.0833. The first-order chi connectivity index (χ1) is 14.8. The van der Waals surface area contributed by atoms with Crippen molar-refractivity contribution in [3.05, 3.63) is 96.2 Å². The van der Waals surface area contributed by atoms with Crippen LogP contribution in [0.3, 0.4) is 0 Å². The lowest BCUT2D eigenvalue weighted by molar-refractivity contribution is 0.0951. The third-order valence-corrected chi connectivity index (χ3v) is 4.92. The zero-order valence-corrected chi connectivity index (χ0v) is 16.1. The van der Waals surface area contributed by atoms with Crippen LogP contribution >= 0.6 is 0 Å². The van der Waals surface area contributed by atoms with Gasteiger partial charge in [-0.1, -0.05) is 54.6 Å². The van der Waals surface area contributed by atoms with Crippen molar-refractivity contribution in [1.29, 1.82) is 0 Å². The summed E-state index contributed by atoms with van der Waals surface area (Å²) < 4.78 is 12.5. The number of benzene rings is 3. The number of aromatic nitrogens is 2. The van der Waals surface area contributed by atoms with Crippen LogP contribution in [0.15, 0.2) is 85.1 Å². The highest BCUT2D eigenvalue weighted by Crippen LogP contribution is 2.32. The zero-order chi connectivity index (χ0) is 20.3. The molecule has 0 spiro atoms. The fourth-order valence-corrected chi connectivity index (χ4v) is 3.39. The van der Waals surface area contributed by atoms with E-state index in [9.17, 15) is 4.79 Å². The number of rotatable bonds is 5. The first-order valence-corrected chi connectivity index (χ1v) is 9.65. The Hall–Kier alpha value is -4.06. The van der Waals surface area contributed by atoms with E-state index in [1.165, 1.54) is 0 Å². The molecule has 0 radical (unpaired) electrons. The Morgan fingerprint density at radius 2 is 1.67 bits per heavy atom. The number of carbonyl (C=O) groups is 1. The van der Waals surface area contributed by atoms with Crippen molar-refractivity contribution in [1.82, 2.24) is 15.1 Å². The lowest BCUT2D eigenvalue weighted by Crippen LogP contribution is -2.23. The van der Waals surface area contributed by atoms with Crippen LogP contribution in [0.1, 0.15) is 15.9 Å². The van der Waals surface area contributed by atoms with Gasteiger partial charge in [-0.15, -0.1) is 0 Å². The summed E-state index contributed by atoms with van der Waals surface area (Å²) in [6.45, 7) is 0.602. The molecule has 30 heavy (non-hydrogen) atoms. The topological polar surface area (TPSA) is 65.4 Å². The molecule has 1 aliphatic heterocycles. The number of hydrogen-bond donors (Lipinski definition) is 1. The van der Waals surface area contributed by atoms with E-state index < -0.39 is 0 Å². The van der Waals surface area contributed by atoms with E-state index in [1.807, 2.05) is 78.9 Å². The van der Waals surface area contributed by atoms with Crippen LogP contribution in [0, 0.1) is 0 Å². The van der Waals surface area contributed by atoms with Gasteiger partial charge in [0.1, 0.15) is 5.69 Å². The van der Waals surface area contributed by atoms with Gasteiger partial charge in [0.15, 0.2) is 11.5 Å². The van der Waals surface area contributed by atoms with E-state index in [0.717, 1.165) is 22.6 Å². The van der Waals surface area contributed by atoms with Crippen molar-refractivity contribution in [3.8, 4) is 28.4 Å². The van der Waals surface area contributed by atoms with Crippen LogP contribution in [0.5, 0.6) is 11.5 Å². The quantitative estimate of drug-likeness (QED) is 0.548. The molecule has 5 rings (SSSR count). The number of carbonyl (C=O) groups excluding carboxylic acids is 1. The molecule has 2 heterocycles. The Labute approximate surface area is 173 Å². The third-order valence-electron chi connectivity index (χ3n) is 4.92. The first kappa shape index (κ1) is 18.0. The van der Waals surface area contributed by atoms with Gasteiger partial charge in [0.25, 0.3) is 5.91 Å². The molecule has 1 N–H and O–H groups in total. The van der Waals surface area contributed by atoms with Gasteiger partial charge in [0, 0.05) is 18.3 Å². The lowest BCUT2D eigenvalue weighted by Gasteiger charge is -2.06. The number of amides is 1. The molecule has 0 saturated heterocycles. The second-order valence-corrected chi connectivity index (χ2v) is 6.91. The summed E-state index contributed by atoms with van der Waals surface area (Å²) in [6.07, 6.45) is 1.77. The maximum Gasteiger partial charge on any atom is 0.255 e. The minimum absolute atomic E-state index is 0.186. The van der Waals surface area contributed by atoms with Crippen molar-refractivity contribution in [2.75, 3.05) is 6.79 Å². The van der Waals surface area contributed by atoms with Gasteiger partial charge < -0.3 is 14.8 Å². The number of hydrogen-bond acceptors (Lipinski definition) is 4. The van der Waals surface area contributed by atoms with Crippen molar-refractivity contribution in [2.24, 2.45) is 0 Å². The van der Waals surface area contributed by atoms with E-state index in [-0.39, 0.29) is 12.7 Å². The van der Waals surface area contributed by atoms with E-state index >= 15 is 0 Å². The zero-order valence-electron chi connectivity index (χ0n) is 16.1. The molecule has 1 aliphatic rings. The fourth-order valence-electron chi connectivity index (χ4n) is 3.39. The third kappa shape index (κ3) is 3.51. The molecule has 0 saturated carbocycles. The maximum atomic E-state index is 13.1. The Bertz CT molecular complexity index is 1190. The van der Waals surface area contributed by atoms with Crippen molar-refractivity contribution < 1.29 is 14.3 Å². The molecule has 6 heteroatoms. The predicted molar refractivity (Wildman–Crippen MR) is 113 cm³/mol. The summed E-state index contributed by atoms with van der Waals surface area (Å²) in [7, 11) is 0. The summed E-state index contributed by atoms with van der Waals surface area (Å²) in [4.78, 5) is 13.1. The molecule has 0 unspecified atom stereocenters. The lowest BCUT2D eigenvalue weighted by atomic mass is 10.1. The van der Waals surface area contributed by atoms with Gasteiger partial charge >= 0.3 is 0 Å². The van der Waals surface area contributed by atoms with E-state index in [2.05, 4.69) is 5.32 Å². The monoisotopic (exact) mass is 397 g/mol. The molecular weight excluding hydrogens is 378 g/mol. The molecule has 6 nitrogen and oxygen atoms in total. The minimum atomic E-state index is -0.186. The Kier molecular flexibility index (Phi) is 4.65. The van der Waals surface area contributed by atoms with Gasteiger partial charge in [-0.2, -0.15) is 5.10 Å². The Morgan fingerprint density at radius 1 is 0.933 bits per heavy atom. The minimum Gasteiger partial charge on any atom is -0.454 e. The maximum absolute atomic E-state index is 13.1. The van der Waals surface area contributed by atoms with Crippen LogP contribution in [0.25, 0.3) is 16.9 Å². The SMILES string of the molecule is O=C(NCc1ccc2c(c1)OCO2)c1cn(-c2ccccc2)nc1-c1ccccc1. The molecule has 0 aliphatic carbocycles. The summed E-state index contributed by atoms with van der Waals surface area (Å²) in [6, 6.07) is 25.1. The Morgan fingerprint density at radius 3 is 2.47 bits per heavy atom. The second-order valence-electron chi connectivity index (χ2n) is 6.91. The van der Waals surface area contributed by atoms with Gasteiger partial charge in [-0.25, -0.2) is 4.68 Å². The highest BCUT2D eigenvalue weighted by molar-refractivity contribution is 5.99. The number of nitrogens with one attached hydrogen (secondary N) is 1. The molecule has 3 aromatic carbocycles. The van der Waals surface area contributed by atoms with Crippen LogP contribution in [-0.2, 0) is 6.54 Å². The summed E-state index contributed by atoms with van der Waals surface area (Å²) in [5, 5.41) is 7.69. The molecule has 0 bridgehead atoms. The molecular formula is C24H19N3O3. The Balaban J connectivity index is 1.43. The highest BCUT2D eigenvalue weighted by atomic mass is 16.7. The summed E-state index contributed by atoms with van der Waals surface area (Å²) >= 11 is 0. The molecule has 0 fully saturated rings. The van der Waals surface area contributed by atoms with Gasteiger partial charge in [0.05, 0.1) is 11.3 Å². The highest BCUT2D eigenvalue weighted by Gasteiger charge is 2.19. The smallest absolute Gasteiger partial charge is 0.255 e. The normalized spacial score (nSPS) is 12.0. The van der Waals surface area contributed by atoms with E-state index in [4.69, 9.17) is 14.6 Å².